The van der Waals surface area contributed by atoms with E-state index >= 15 is 0 Å². The number of carbonyl (C=O) groups excluding carboxylic acids is 2. The number of hydrogen-bond acceptors (Lipinski definition) is 4. The summed E-state index contributed by atoms with van der Waals surface area (Å²) in [4.78, 5) is 28.6. The standard InChI is InChI=1S/C17H22N4O2S/c1-10(18-17(23)21-12-5-3-4-6-12)16(22)20-13-7-8-14-15(9-13)24-11(2)19-14/h7-10,12H,3-6H2,1-2H3,(H,20,22)(H2,18,21,23). The van der Waals surface area contributed by atoms with Crippen molar-refractivity contribution in [2.45, 2.75) is 51.6 Å². The van der Waals surface area contributed by atoms with E-state index in [-0.39, 0.29) is 18.0 Å². The van der Waals surface area contributed by atoms with E-state index in [0.717, 1.165) is 40.9 Å². The molecule has 7 heteroatoms. The quantitative estimate of drug-likeness (QED) is 0.795. The Kier molecular flexibility index (Phi) is 4.99. The molecule has 0 radical (unpaired) electrons. The van der Waals surface area contributed by atoms with Crippen molar-refractivity contribution in [1.82, 2.24) is 15.6 Å². The van der Waals surface area contributed by atoms with Crippen molar-refractivity contribution in [3.63, 3.8) is 0 Å². The third-order valence-corrected chi connectivity index (χ3v) is 5.13. The normalized spacial score (nSPS) is 16.1. The van der Waals surface area contributed by atoms with Gasteiger partial charge in [0, 0.05) is 11.7 Å². The molecule has 1 aromatic heterocycles. The van der Waals surface area contributed by atoms with Crippen LogP contribution in [0.15, 0.2) is 18.2 Å². The van der Waals surface area contributed by atoms with E-state index in [4.69, 9.17) is 0 Å². The molecule has 1 heterocycles. The van der Waals surface area contributed by atoms with E-state index < -0.39 is 6.04 Å². The number of rotatable bonds is 4. The highest BCUT2D eigenvalue weighted by atomic mass is 32.1. The predicted octanol–water partition coefficient (Wildman–Crippen LogP) is 3.17. The molecule has 24 heavy (non-hydrogen) atoms. The average Bonchev–Trinajstić information content (AvgIpc) is 3.14. The maximum absolute atomic E-state index is 12.3. The maximum atomic E-state index is 12.3. The highest BCUT2D eigenvalue weighted by Crippen LogP contribution is 2.24. The largest absolute Gasteiger partial charge is 0.335 e. The number of amides is 3. The lowest BCUT2D eigenvalue weighted by molar-refractivity contribution is -0.117. The van der Waals surface area contributed by atoms with Crippen molar-refractivity contribution in [2.75, 3.05) is 5.32 Å². The van der Waals surface area contributed by atoms with Gasteiger partial charge < -0.3 is 16.0 Å². The maximum Gasteiger partial charge on any atom is 0.315 e. The summed E-state index contributed by atoms with van der Waals surface area (Å²) in [5, 5.41) is 9.45. The van der Waals surface area contributed by atoms with Crippen LogP contribution in [0.2, 0.25) is 0 Å². The second kappa shape index (κ2) is 7.17. The van der Waals surface area contributed by atoms with Gasteiger partial charge in [-0.1, -0.05) is 12.8 Å². The Morgan fingerprint density at radius 1 is 1.29 bits per heavy atom. The number of nitrogens with zero attached hydrogens (tertiary/aromatic N) is 1. The van der Waals surface area contributed by atoms with Crippen LogP contribution >= 0.6 is 11.3 Å². The van der Waals surface area contributed by atoms with Gasteiger partial charge in [-0.15, -0.1) is 11.3 Å². The Balaban J connectivity index is 1.55. The minimum atomic E-state index is -0.606. The summed E-state index contributed by atoms with van der Waals surface area (Å²) in [5.74, 6) is -0.239. The fraction of sp³-hybridized carbons (Fsp3) is 0.471. The van der Waals surface area contributed by atoms with Crippen molar-refractivity contribution in [3.05, 3.63) is 23.2 Å². The molecule has 2 aromatic rings. The molecule has 1 aromatic carbocycles. The van der Waals surface area contributed by atoms with E-state index in [2.05, 4.69) is 20.9 Å². The molecule has 3 amide bonds. The first-order valence-electron chi connectivity index (χ1n) is 8.26. The van der Waals surface area contributed by atoms with Crippen LogP contribution in [0.4, 0.5) is 10.5 Å². The van der Waals surface area contributed by atoms with Crippen LogP contribution in [0.5, 0.6) is 0 Å². The average molecular weight is 346 g/mol. The molecule has 1 fully saturated rings. The number of nitrogens with one attached hydrogen (secondary N) is 3. The summed E-state index contributed by atoms with van der Waals surface area (Å²) in [6.45, 7) is 3.64. The van der Waals surface area contributed by atoms with Crippen LogP contribution in [0.1, 0.15) is 37.6 Å². The minimum Gasteiger partial charge on any atom is -0.335 e. The van der Waals surface area contributed by atoms with Gasteiger partial charge in [0.1, 0.15) is 6.04 Å². The number of aromatic nitrogens is 1. The van der Waals surface area contributed by atoms with Crippen molar-refractivity contribution >= 4 is 39.2 Å². The molecule has 1 atom stereocenters. The van der Waals surface area contributed by atoms with Crippen LogP contribution in [0.25, 0.3) is 10.2 Å². The summed E-state index contributed by atoms with van der Waals surface area (Å²) in [7, 11) is 0. The van der Waals surface area contributed by atoms with Crippen LogP contribution in [0, 0.1) is 6.92 Å². The number of fused-ring (bicyclic) bond motifs is 1. The van der Waals surface area contributed by atoms with Crippen LogP contribution in [0.3, 0.4) is 0 Å². The lowest BCUT2D eigenvalue weighted by atomic mass is 10.2. The molecular weight excluding hydrogens is 324 g/mol. The fourth-order valence-corrected chi connectivity index (χ4v) is 3.79. The monoisotopic (exact) mass is 346 g/mol. The Morgan fingerprint density at radius 3 is 2.79 bits per heavy atom. The number of aryl methyl sites for hydroxylation is 1. The Hall–Kier alpha value is -2.15. The molecule has 0 spiro atoms. The van der Waals surface area contributed by atoms with E-state index in [0.29, 0.717) is 5.69 Å². The van der Waals surface area contributed by atoms with E-state index in [1.54, 1.807) is 18.3 Å². The lowest BCUT2D eigenvalue weighted by Crippen LogP contribution is -2.48. The zero-order chi connectivity index (χ0) is 17.1. The third kappa shape index (κ3) is 4.03. The molecule has 1 aliphatic carbocycles. The Bertz CT molecular complexity index is 752. The number of anilines is 1. The van der Waals surface area contributed by atoms with E-state index in [9.17, 15) is 9.59 Å². The van der Waals surface area contributed by atoms with Gasteiger partial charge in [-0.3, -0.25) is 4.79 Å². The van der Waals surface area contributed by atoms with Gasteiger partial charge >= 0.3 is 6.03 Å². The van der Waals surface area contributed by atoms with Crippen molar-refractivity contribution in [2.24, 2.45) is 0 Å². The molecule has 3 N–H and O–H groups in total. The van der Waals surface area contributed by atoms with Gasteiger partial charge in [0.2, 0.25) is 5.91 Å². The van der Waals surface area contributed by atoms with Crippen molar-refractivity contribution < 1.29 is 9.59 Å². The van der Waals surface area contributed by atoms with Gasteiger partial charge in [-0.25, -0.2) is 9.78 Å². The second-order valence-electron chi connectivity index (χ2n) is 6.23. The van der Waals surface area contributed by atoms with Crippen molar-refractivity contribution in [1.29, 1.82) is 0 Å². The van der Waals surface area contributed by atoms with Gasteiger partial charge in [0.25, 0.3) is 0 Å². The second-order valence-corrected chi connectivity index (χ2v) is 7.46. The van der Waals surface area contributed by atoms with Gasteiger partial charge in [0.15, 0.2) is 0 Å². The summed E-state index contributed by atoms with van der Waals surface area (Å²) in [5.41, 5.74) is 1.64. The molecule has 1 aliphatic rings. The summed E-state index contributed by atoms with van der Waals surface area (Å²) < 4.78 is 1.03. The molecule has 6 nitrogen and oxygen atoms in total. The molecule has 0 aliphatic heterocycles. The molecule has 0 bridgehead atoms. The van der Waals surface area contributed by atoms with Crippen molar-refractivity contribution in [3.8, 4) is 0 Å². The molecule has 1 unspecified atom stereocenters. The number of benzene rings is 1. The summed E-state index contributed by atoms with van der Waals surface area (Å²) in [6, 6.07) is 4.97. The zero-order valence-electron chi connectivity index (χ0n) is 13.9. The van der Waals surface area contributed by atoms with Gasteiger partial charge in [0.05, 0.1) is 15.2 Å². The minimum absolute atomic E-state index is 0.234. The zero-order valence-corrected chi connectivity index (χ0v) is 14.7. The molecule has 0 saturated heterocycles. The molecule has 128 valence electrons. The van der Waals surface area contributed by atoms with Gasteiger partial charge in [-0.2, -0.15) is 0 Å². The number of urea groups is 1. The lowest BCUT2D eigenvalue weighted by Gasteiger charge is -2.17. The first kappa shape index (κ1) is 16.7. The number of thiazole rings is 1. The first-order valence-corrected chi connectivity index (χ1v) is 9.08. The molecule has 3 rings (SSSR count). The van der Waals surface area contributed by atoms with E-state index in [1.165, 1.54) is 0 Å². The third-order valence-electron chi connectivity index (χ3n) is 4.19. The van der Waals surface area contributed by atoms with Gasteiger partial charge in [-0.05, 0) is 44.9 Å². The van der Waals surface area contributed by atoms with Crippen LogP contribution < -0.4 is 16.0 Å². The topological polar surface area (TPSA) is 83.1 Å². The predicted molar refractivity (Wildman–Crippen MR) is 96.4 cm³/mol. The van der Waals surface area contributed by atoms with Crippen LogP contribution in [-0.4, -0.2) is 29.0 Å². The van der Waals surface area contributed by atoms with E-state index in [1.807, 2.05) is 25.1 Å². The van der Waals surface area contributed by atoms with Crippen LogP contribution in [-0.2, 0) is 4.79 Å². The molecular formula is C17H22N4O2S. The number of hydrogen-bond donors (Lipinski definition) is 3. The highest BCUT2D eigenvalue weighted by molar-refractivity contribution is 7.18. The first-order chi connectivity index (χ1) is 11.5. The Labute approximate surface area is 145 Å². The Morgan fingerprint density at radius 2 is 2.04 bits per heavy atom. The molecule has 1 saturated carbocycles. The smallest absolute Gasteiger partial charge is 0.315 e. The highest BCUT2D eigenvalue weighted by Gasteiger charge is 2.20. The fourth-order valence-electron chi connectivity index (χ4n) is 2.93. The SMILES string of the molecule is Cc1nc2ccc(NC(=O)C(C)NC(=O)NC3CCCC3)cc2s1. The number of carbonyl (C=O) groups is 2. The summed E-state index contributed by atoms with van der Waals surface area (Å²) >= 11 is 1.59. The summed E-state index contributed by atoms with van der Waals surface area (Å²) in [6.07, 6.45) is 4.34.